The highest BCUT2D eigenvalue weighted by Gasteiger charge is 2.17. The molecule has 0 bridgehead atoms. The minimum absolute atomic E-state index is 0.900. The van der Waals surface area contributed by atoms with Gasteiger partial charge < -0.3 is 4.52 Å². The molecule has 0 atom stereocenters. The highest BCUT2D eigenvalue weighted by atomic mass is 31.1. The van der Waals surface area contributed by atoms with Crippen molar-refractivity contribution < 1.29 is 4.52 Å². The molecule has 1 nitrogen and oxygen atoms in total. The van der Waals surface area contributed by atoms with Crippen molar-refractivity contribution in [3.8, 4) is 5.75 Å². The summed E-state index contributed by atoms with van der Waals surface area (Å²) in [6.07, 6.45) is 0. The summed E-state index contributed by atoms with van der Waals surface area (Å²) in [5.41, 5.74) is 0. The van der Waals surface area contributed by atoms with Gasteiger partial charge in [0, 0.05) is 16.0 Å². The minimum Gasteiger partial charge on any atom is -0.464 e. The van der Waals surface area contributed by atoms with Gasteiger partial charge in [-0.05, 0) is 11.5 Å². The van der Waals surface area contributed by atoms with E-state index < -0.39 is 8.15 Å². The van der Waals surface area contributed by atoms with E-state index in [0.29, 0.717) is 0 Å². The average Bonchev–Trinajstić information content (AvgIpc) is 2.67. The Balaban J connectivity index is 1.80. The maximum absolute atomic E-state index is 6.56. The van der Waals surface area contributed by atoms with E-state index in [4.69, 9.17) is 4.52 Å². The zero-order valence-electron chi connectivity index (χ0n) is 13.2. The Bertz CT molecular complexity index is 891. The van der Waals surface area contributed by atoms with Gasteiger partial charge in [0.05, 0.1) is 0 Å². The smallest absolute Gasteiger partial charge is 0.150 e. The Labute approximate surface area is 143 Å². The maximum Gasteiger partial charge on any atom is 0.150 e. The fourth-order valence-electron chi connectivity index (χ4n) is 2.75. The van der Waals surface area contributed by atoms with Crippen LogP contribution in [0, 0.1) is 0 Å². The Kier molecular flexibility index (Phi) is 4.27. The summed E-state index contributed by atoms with van der Waals surface area (Å²) in [6, 6.07) is 35.5. The first-order valence-corrected chi connectivity index (χ1v) is 9.24. The van der Waals surface area contributed by atoms with Crippen LogP contribution in [0.3, 0.4) is 0 Å². The quantitative estimate of drug-likeness (QED) is 0.464. The zero-order chi connectivity index (χ0) is 16.2. The van der Waals surface area contributed by atoms with Crippen molar-refractivity contribution in [2.45, 2.75) is 0 Å². The normalized spacial score (nSPS) is 10.9. The first kappa shape index (κ1) is 14.9. The second-order valence-electron chi connectivity index (χ2n) is 5.53. The molecule has 4 aromatic rings. The third kappa shape index (κ3) is 3.04. The van der Waals surface area contributed by atoms with Crippen molar-refractivity contribution in [1.29, 1.82) is 0 Å². The Morgan fingerprint density at radius 3 is 1.71 bits per heavy atom. The fraction of sp³-hybridized carbons (Fsp3) is 0. The lowest BCUT2D eigenvalue weighted by Crippen LogP contribution is -2.15. The van der Waals surface area contributed by atoms with E-state index >= 15 is 0 Å². The van der Waals surface area contributed by atoms with Crippen molar-refractivity contribution >= 4 is 29.5 Å². The SMILES string of the molecule is c1ccc(P(Oc2cccc3ccccc23)c2ccccc2)cc1. The van der Waals surface area contributed by atoms with Gasteiger partial charge in [0.2, 0.25) is 0 Å². The predicted octanol–water partition coefficient (Wildman–Crippen LogP) is 5.27. The molecular formula is C22H17OP. The number of benzene rings is 4. The summed E-state index contributed by atoms with van der Waals surface area (Å²) in [5, 5.41) is 4.78. The lowest BCUT2D eigenvalue weighted by molar-refractivity contribution is 0.637. The van der Waals surface area contributed by atoms with Gasteiger partial charge in [-0.15, -0.1) is 0 Å². The molecule has 0 N–H and O–H groups in total. The molecule has 0 amide bonds. The van der Waals surface area contributed by atoms with E-state index in [1.54, 1.807) is 0 Å². The second-order valence-corrected chi connectivity index (χ2v) is 7.34. The highest BCUT2D eigenvalue weighted by molar-refractivity contribution is 7.68. The molecule has 0 aliphatic rings. The molecule has 0 saturated carbocycles. The van der Waals surface area contributed by atoms with E-state index in [2.05, 4.69) is 91.0 Å². The summed E-state index contributed by atoms with van der Waals surface area (Å²) >= 11 is 0. The minimum atomic E-state index is -0.900. The van der Waals surface area contributed by atoms with Gasteiger partial charge in [-0.25, -0.2) is 0 Å². The lowest BCUT2D eigenvalue weighted by atomic mass is 10.1. The van der Waals surface area contributed by atoms with Gasteiger partial charge in [-0.2, -0.15) is 0 Å². The molecule has 4 aromatic carbocycles. The summed E-state index contributed by atoms with van der Waals surface area (Å²) in [6.45, 7) is 0. The van der Waals surface area contributed by atoms with Gasteiger partial charge in [0.1, 0.15) is 5.75 Å². The summed E-state index contributed by atoms with van der Waals surface area (Å²) < 4.78 is 6.56. The van der Waals surface area contributed by atoms with Gasteiger partial charge in [-0.3, -0.25) is 0 Å². The second kappa shape index (κ2) is 6.86. The van der Waals surface area contributed by atoms with E-state index in [-0.39, 0.29) is 0 Å². The number of fused-ring (bicyclic) bond motifs is 1. The Morgan fingerprint density at radius 1 is 0.500 bits per heavy atom. The van der Waals surface area contributed by atoms with E-state index in [1.807, 2.05) is 12.1 Å². The largest absolute Gasteiger partial charge is 0.464 e. The van der Waals surface area contributed by atoms with Crippen LogP contribution in [0.1, 0.15) is 0 Å². The third-order valence-corrected chi connectivity index (χ3v) is 5.83. The molecule has 0 aliphatic heterocycles. The standard InChI is InChI=1S/C22H17OP/c1-3-12-19(13-4-1)24(20-14-5-2-6-15-20)23-22-17-9-11-18-10-7-8-16-21(18)22/h1-17H. The third-order valence-electron chi connectivity index (χ3n) is 3.92. The predicted molar refractivity (Wildman–Crippen MR) is 104 cm³/mol. The fourth-order valence-corrected chi connectivity index (χ4v) is 4.51. The monoisotopic (exact) mass is 328 g/mol. The summed E-state index contributed by atoms with van der Waals surface area (Å²) in [7, 11) is -0.900. The van der Waals surface area contributed by atoms with Crippen LogP contribution in [0.5, 0.6) is 5.75 Å². The van der Waals surface area contributed by atoms with Crippen molar-refractivity contribution in [3.63, 3.8) is 0 Å². The van der Waals surface area contributed by atoms with Crippen molar-refractivity contribution in [1.82, 2.24) is 0 Å². The molecular weight excluding hydrogens is 311 g/mol. The molecule has 2 heteroatoms. The zero-order valence-corrected chi connectivity index (χ0v) is 14.1. The first-order valence-electron chi connectivity index (χ1n) is 7.98. The van der Waals surface area contributed by atoms with Crippen LogP contribution in [0.4, 0.5) is 0 Å². The van der Waals surface area contributed by atoms with Crippen LogP contribution in [0.2, 0.25) is 0 Å². The summed E-state index contributed by atoms with van der Waals surface area (Å²) in [5.74, 6) is 0.937. The summed E-state index contributed by atoms with van der Waals surface area (Å²) in [4.78, 5) is 0. The molecule has 0 aliphatic carbocycles. The molecule has 0 spiro atoms. The van der Waals surface area contributed by atoms with E-state index in [0.717, 1.165) is 11.1 Å². The molecule has 0 unspecified atom stereocenters. The van der Waals surface area contributed by atoms with Crippen LogP contribution in [-0.4, -0.2) is 0 Å². The van der Waals surface area contributed by atoms with Crippen molar-refractivity contribution in [2.75, 3.05) is 0 Å². The van der Waals surface area contributed by atoms with Gasteiger partial charge in [0.25, 0.3) is 0 Å². The van der Waals surface area contributed by atoms with Crippen molar-refractivity contribution in [2.24, 2.45) is 0 Å². The van der Waals surface area contributed by atoms with Crippen LogP contribution < -0.4 is 15.1 Å². The lowest BCUT2D eigenvalue weighted by Gasteiger charge is -2.20. The average molecular weight is 328 g/mol. The Hall–Kier alpha value is -2.63. The molecule has 116 valence electrons. The first-order chi connectivity index (χ1) is 11.9. The molecule has 0 aromatic heterocycles. The van der Waals surface area contributed by atoms with Crippen LogP contribution in [-0.2, 0) is 0 Å². The van der Waals surface area contributed by atoms with Gasteiger partial charge in [-0.1, -0.05) is 97.1 Å². The van der Waals surface area contributed by atoms with Gasteiger partial charge >= 0.3 is 0 Å². The number of rotatable bonds is 4. The van der Waals surface area contributed by atoms with E-state index in [1.165, 1.54) is 16.0 Å². The van der Waals surface area contributed by atoms with Crippen LogP contribution >= 0.6 is 8.15 Å². The molecule has 0 radical (unpaired) electrons. The van der Waals surface area contributed by atoms with Gasteiger partial charge in [0.15, 0.2) is 8.15 Å². The van der Waals surface area contributed by atoms with Crippen LogP contribution in [0.15, 0.2) is 103 Å². The highest BCUT2D eigenvalue weighted by Crippen LogP contribution is 2.39. The number of hydrogen-bond donors (Lipinski definition) is 0. The molecule has 0 fully saturated rings. The van der Waals surface area contributed by atoms with Crippen LogP contribution in [0.25, 0.3) is 10.8 Å². The topological polar surface area (TPSA) is 9.23 Å². The number of hydrogen-bond acceptors (Lipinski definition) is 1. The molecule has 24 heavy (non-hydrogen) atoms. The Morgan fingerprint density at radius 2 is 1.04 bits per heavy atom. The molecule has 0 heterocycles. The van der Waals surface area contributed by atoms with E-state index in [9.17, 15) is 0 Å². The molecule has 4 rings (SSSR count). The van der Waals surface area contributed by atoms with Crippen molar-refractivity contribution in [3.05, 3.63) is 103 Å². The maximum atomic E-state index is 6.56. The molecule has 0 saturated heterocycles.